The van der Waals surface area contributed by atoms with E-state index in [1.807, 2.05) is 0 Å². The first kappa shape index (κ1) is 14.7. The van der Waals surface area contributed by atoms with Crippen molar-refractivity contribution in [3.05, 3.63) is 29.8 Å². The molecule has 1 aromatic carbocycles. The number of phenols is 1. The van der Waals surface area contributed by atoms with Crippen molar-refractivity contribution in [3.63, 3.8) is 0 Å². The molecular formula is C14H16F3NO2. The summed E-state index contributed by atoms with van der Waals surface area (Å²) in [4.78, 5) is 13.4. The van der Waals surface area contributed by atoms with Crippen LogP contribution in [0.15, 0.2) is 24.3 Å². The summed E-state index contributed by atoms with van der Waals surface area (Å²) in [5, 5.41) is 9.59. The van der Waals surface area contributed by atoms with Gasteiger partial charge in [0.15, 0.2) is 0 Å². The van der Waals surface area contributed by atoms with Gasteiger partial charge in [0.1, 0.15) is 5.75 Å². The van der Waals surface area contributed by atoms with Crippen LogP contribution in [0.4, 0.5) is 13.2 Å². The maximum atomic E-state index is 12.5. The highest BCUT2D eigenvalue weighted by molar-refractivity contribution is 5.79. The fraction of sp³-hybridized carbons (Fsp3) is 0.500. The predicted molar refractivity (Wildman–Crippen MR) is 67.2 cm³/mol. The Kier molecular flexibility index (Phi) is 4.20. The molecule has 0 radical (unpaired) electrons. The second-order valence-corrected chi connectivity index (χ2v) is 5.00. The summed E-state index contributed by atoms with van der Waals surface area (Å²) >= 11 is 0. The van der Waals surface area contributed by atoms with Gasteiger partial charge >= 0.3 is 6.18 Å². The third-order valence-electron chi connectivity index (χ3n) is 3.64. The lowest BCUT2D eigenvalue weighted by atomic mass is 9.96. The quantitative estimate of drug-likeness (QED) is 0.908. The van der Waals surface area contributed by atoms with Crippen LogP contribution in [0.1, 0.15) is 18.4 Å². The number of amides is 1. The van der Waals surface area contributed by atoms with E-state index in [0.717, 1.165) is 0 Å². The Morgan fingerprint density at radius 2 is 1.85 bits per heavy atom. The van der Waals surface area contributed by atoms with E-state index in [9.17, 15) is 23.1 Å². The average Bonchev–Trinajstić information content (AvgIpc) is 2.40. The molecular weight excluding hydrogens is 271 g/mol. The molecule has 1 fully saturated rings. The van der Waals surface area contributed by atoms with Crippen LogP contribution in [0, 0.1) is 5.92 Å². The molecule has 1 heterocycles. The Balaban J connectivity index is 1.91. The van der Waals surface area contributed by atoms with Gasteiger partial charge < -0.3 is 10.0 Å². The van der Waals surface area contributed by atoms with Gasteiger partial charge in [-0.15, -0.1) is 0 Å². The average molecular weight is 287 g/mol. The number of hydrogen-bond donors (Lipinski definition) is 1. The number of alkyl halides is 3. The molecule has 0 aliphatic carbocycles. The number of hydrogen-bond acceptors (Lipinski definition) is 2. The zero-order valence-corrected chi connectivity index (χ0v) is 10.9. The van der Waals surface area contributed by atoms with E-state index in [1.54, 1.807) is 18.2 Å². The maximum Gasteiger partial charge on any atom is 0.391 e. The molecule has 1 saturated heterocycles. The van der Waals surface area contributed by atoms with Crippen LogP contribution < -0.4 is 0 Å². The Morgan fingerprint density at radius 1 is 1.25 bits per heavy atom. The number of nitrogens with zero attached hydrogens (tertiary/aromatic N) is 1. The first-order valence-electron chi connectivity index (χ1n) is 6.49. The number of piperidine rings is 1. The third-order valence-corrected chi connectivity index (χ3v) is 3.64. The number of phenolic OH excluding ortho intramolecular Hbond substituents is 1. The van der Waals surface area contributed by atoms with Crippen molar-refractivity contribution in [1.82, 2.24) is 4.90 Å². The predicted octanol–water partition coefficient (Wildman–Crippen LogP) is 2.74. The van der Waals surface area contributed by atoms with E-state index in [1.165, 1.54) is 11.0 Å². The smallest absolute Gasteiger partial charge is 0.391 e. The molecule has 0 saturated carbocycles. The van der Waals surface area contributed by atoms with Gasteiger partial charge in [-0.1, -0.05) is 18.2 Å². The molecule has 0 aromatic heterocycles. The molecule has 1 amide bonds. The number of benzene rings is 1. The first-order valence-corrected chi connectivity index (χ1v) is 6.49. The lowest BCUT2D eigenvalue weighted by molar-refractivity contribution is -0.186. The van der Waals surface area contributed by atoms with Gasteiger partial charge in [0, 0.05) is 18.7 Å². The van der Waals surface area contributed by atoms with Crippen molar-refractivity contribution >= 4 is 5.91 Å². The molecule has 1 N–H and O–H groups in total. The minimum atomic E-state index is -4.17. The highest BCUT2D eigenvalue weighted by atomic mass is 19.4. The fourth-order valence-electron chi connectivity index (χ4n) is 2.39. The molecule has 0 bridgehead atoms. The van der Waals surface area contributed by atoms with Gasteiger partial charge in [-0.3, -0.25) is 4.79 Å². The van der Waals surface area contributed by atoms with E-state index in [2.05, 4.69) is 0 Å². The summed E-state index contributed by atoms with van der Waals surface area (Å²) in [5.41, 5.74) is 0.496. The lowest BCUT2D eigenvalue weighted by Crippen LogP contribution is -2.42. The van der Waals surface area contributed by atoms with E-state index < -0.39 is 12.1 Å². The molecule has 20 heavy (non-hydrogen) atoms. The van der Waals surface area contributed by atoms with Crippen molar-refractivity contribution in [1.29, 1.82) is 0 Å². The molecule has 0 spiro atoms. The number of para-hydroxylation sites is 1. The van der Waals surface area contributed by atoms with Gasteiger partial charge in [0.2, 0.25) is 5.91 Å². The minimum absolute atomic E-state index is 0.0172. The summed E-state index contributed by atoms with van der Waals surface area (Å²) in [6, 6.07) is 6.48. The second kappa shape index (κ2) is 5.73. The molecule has 6 heteroatoms. The maximum absolute atomic E-state index is 12.5. The van der Waals surface area contributed by atoms with Crippen LogP contribution in [0.3, 0.4) is 0 Å². The standard InChI is InChI=1S/C14H16F3NO2/c15-14(16,17)11-5-7-18(8-6-11)13(20)9-10-3-1-2-4-12(10)19/h1-4,11,19H,5-9H2. The summed E-state index contributed by atoms with van der Waals surface area (Å²) in [5.74, 6) is -1.52. The van der Waals surface area contributed by atoms with E-state index in [4.69, 9.17) is 0 Å². The Morgan fingerprint density at radius 3 is 2.40 bits per heavy atom. The second-order valence-electron chi connectivity index (χ2n) is 5.00. The number of carbonyl (C=O) groups excluding carboxylic acids is 1. The number of likely N-dealkylation sites (tertiary alicyclic amines) is 1. The summed E-state index contributed by atoms with van der Waals surface area (Å²) in [6.45, 7) is 0.243. The molecule has 0 atom stereocenters. The summed E-state index contributed by atoms with van der Waals surface area (Å²) in [7, 11) is 0. The van der Waals surface area contributed by atoms with Gasteiger partial charge in [0.25, 0.3) is 0 Å². The number of carbonyl (C=O) groups is 1. The van der Waals surface area contributed by atoms with Gasteiger partial charge in [-0.2, -0.15) is 13.2 Å². The van der Waals surface area contributed by atoms with Gasteiger partial charge in [0.05, 0.1) is 12.3 Å². The Bertz CT molecular complexity index is 480. The Labute approximate surface area is 115 Å². The van der Waals surface area contributed by atoms with Crippen LogP contribution in [0.25, 0.3) is 0 Å². The molecule has 1 aliphatic heterocycles. The molecule has 1 aliphatic rings. The fourth-order valence-corrected chi connectivity index (χ4v) is 2.39. The van der Waals surface area contributed by atoms with Crippen LogP contribution >= 0.6 is 0 Å². The Hall–Kier alpha value is -1.72. The molecule has 0 unspecified atom stereocenters. The normalized spacial score (nSPS) is 17.2. The monoisotopic (exact) mass is 287 g/mol. The molecule has 1 aromatic rings. The van der Waals surface area contributed by atoms with Crippen LogP contribution in [0.5, 0.6) is 5.75 Å². The van der Waals surface area contributed by atoms with E-state index in [0.29, 0.717) is 5.56 Å². The van der Waals surface area contributed by atoms with Crippen LogP contribution in [-0.4, -0.2) is 35.2 Å². The van der Waals surface area contributed by atoms with Crippen molar-refractivity contribution in [2.24, 2.45) is 5.92 Å². The molecule has 3 nitrogen and oxygen atoms in total. The van der Waals surface area contributed by atoms with Crippen molar-refractivity contribution < 1.29 is 23.1 Å². The highest BCUT2D eigenvalue weighted by Gasteiger charge is 2.41. The topological polar surface area (TPSA) is 40.5 Å². The van der Waals surface area contributed by atoms with Crippen molar-refractivity contribution in [2.45, 2.75) is 25.4 Å². The lowest BCUT2D eigenvalue weighted by Gasteiger charge is -2.33. The van der Waals surface area contributed by atoms with Gasteiger partial charge in [-0.05, 0) is 18.9 Å². The zero-order chi connectivity index (χ0) is 14.8. The number of rotatable bonds is 2. The largest absolute Gasteiger partial charge is 0.508 e. The minimum Gasteiger partial charge on any atom is -0.508 e. The summed E-state index contributed by atoms with van der Waals surface area (Å²) in [6.07, 6.45) is -4.25. The highest BCUT2D eigenvalue weighted by Crippen LogP contribution is 2.34. The third kappa shape index (κ3) is 3.43. The van der Waals surface area contributed by atoms with Crippen molar-refractivity contribution in [3.8, 4) is 5.75 Å². The summed E-state index contributed by atoms with van der Waals surface area (Å²) < 4.78 is 37.6. The number of halogens is 3. The van der Waals surface area contributed by atoms with Gasteiger partial charge in [-0.25, -0.2) is 0 Å². The van der Waals surface area contributed by atoms with Crippen LogP contribution in [-0.2, 0) is 11.2 Å². The number of aromatic hydroxyl groups is 1. The van der Waals surface area contributed by atoms with Crippen LogP contribution in [0.2, 0.25) is 0 Å². The van der Waals surface area contributed by atoms with E-state index in [-0.39, 0.29) is 44.0 Å². The molecule has 2 rings (SSSR count). The SMILES string of the molecule is O=C(Cc1ccccc1O)N1CCC(C(F)(F)F)CC1. The molecule has 110 valence electrons. The van der Waals surface area contributed by atoms with Crippen molar-refractivity contribution in [2.75, 3.05) is 13.1 Å². The van der Waals surface area contributed by atoms with E-state index >= 15 is 0 Å². The zero-order valence-electron chi connectivity index (χ0n) is 10.9. The first-order chi connectivity index (χ1) is 9.38.